The highest BCUT2D eigenvalue weighted by Gasteiger charge is 2.41. The molecule has 0 bridgehead atoms. The van der Waals surface area contributed by atoms with Gasteiger partial charge in [0.2, 0.25) is 5.95 Å². The highest BCUT2D eigenvalue weighted by molar-refractivity contribution is 6.05. The second kappa shape index (κ2) is 8.10. The molecule has 1 unspecified atom stereocenters. The van der Waals surface area contributed by atoms with Gasteiger partial charge in [0.15, 0.2) is 5.69 Å². The van der Waals surface area contributed by atoms with Gasteiger partial charge in [0.1, 0.15) is 5.56 Å². The zero-order valence-electron chi connectivity index (χ0n) is 15.7. The van der Waals surface area contributed by atoms with Gasteiger partial charge in [-0.15, -0.1) is 0 Å². The minimum absolute atomic E-state index is 0.127. The van der Waals surface area contributed by atoms with E-state index in [1.807, 2.05) is 13.0 Å². The van der Waals surface area contributed by atoms with Gasteiger partial charge in [-0.25, -0.2) is 4.68 Å². The fourth-order valence-corrected chi connectivity index (χ4v) is 3.14. The lowest BCUT2D eigenvalue weighted by Gasteiger charge is -2.21. The second-order valence-corrected chi connectivity index (χ2v) is 6.91. The van der Waals surface area contributed by atoms with Gasteiger partial charge in [0.25, 0.3) is 5.91 Å². The highest BCUT2D eigenvalue weighted by Crippen LogP contribution is 2.35. The standard InChI is InChI=1S/C19H23F4N3O/c1-5-12(10-11(2)3)13-8-6-7-9-14(13)24-18(27)15-16(19(21,22)23)25-26(4)17(15)20/h6-9,11-12H,5,10H2,1-4H3,(H,24,27). The van der Waals surface area contributed by atoms with Crippen molar-refractivity contribution in [2.45, 2.75) is 45.7 Å². The lowest BCUT2D eigenvalue weighted by Crippen LogP contribution is -2.20. The number of carbonyl (C=O) groups excluding carboxylic acids is 1. The van der Waals surface area contributed by atoms with Crippen LogP contribution in [0.3, 0.4) is 0 Å². The Balaban J connectivity index is 2.41. The number of alkyl halides is 3. The molecule has 1 aromatic heterocycles. The third kappa shape index (κ3) is 4.67. The molecule has 27 heavy (non-hydrogen) atoms. The number of anilines is 1. The summed E-state index contributed by atoms with van der Waals surface area (Å²) in [7, 11) is 1.02. The van der Waals surface area contributed by atoms with E-state index in [-0.39, 0.29) is 5.92 Å². The van der Waals surface area contributed by atoms with Crippen LogP contribution in [0.15, 0.2) is 24.3 Å². The van der Waals surface area contributed by atoms with E-state index in [4.69, 9.17) is 0 Å². The van der Waals surface area contributed by atoms with E-state index < -0.39 is 29.3 Å². The first-order valence-corrected chi connectivity index (χ1v) is 8.76. The van der Waals surface area contributed by atoms with Crippen molar-refractivity contribution in [2.24, 2.45) is 13.0 Å². The Bertz CT molecular complexity index is 812. The van der Waals surface area contributed by atoms with Crippen molar-refractivity contribution in [3.8, 4) is 0 Å². The molecule has 1 heterocycles. The average Bonchev–Trinajstić information content (AvgIpc) is 2.89. The number of rotatable bonds is 6. The van der Waals surface area contributed by atoms with E-state index in [0.717, 1.165) is 25.5 Å². The summed E-state index contributed by atoms with van der Waals surface area (Å²) in [6.45, 7) is 6.16. The monoisotopic (exact) mass is 385 g/mol. The van der Waals surface area contributed by atoms with E-state index >= 15 is 0 Å². The zero-order chi connectivity index (χ0) is 20.4. The summed E-state index contributed by atoms with van der Waals surface area (Å²) in [5, 5.41) is 5.56. The summed E-state index contributed by atoms with van der Waals surface area (Å²) in [5.41, 5.74) is -1.44. The number of benzene rings is 1. The maximum Gasteiger partial charge on any atom is 0.436 e. The maximum absolute atomic E-state index is 14.1. The zero-order valence-corrected chi connectivity index (χ0v) is 15.7. The van der Waals surface area contributed by atoms with Crippen LogP contribution in [-0.4, -0.2) is 15.7 Å². The molecule has 0 aliphatic carbocycles. The molecule has 1 N–H and O–H groups in total. The number of halogens is 4. The minimum atomic E-state index is -4.93. The lowest BCUT2D eigenvalue weighted by molar-refractivity contribution is -0.141. The highest BCUT2D eigenvalue weighted by atomic mass is 19.4. The first kappa shape index (κ1) is 20.9. The second-order valence-electron chi connectivity index (χ2n) is 6.91. The Kier molecular flexibility index (Phi) is 6.28. The fourth-order valence-electron chi connectivity index (χ4n) is 3.14. The molecule has 0 aliphatic heterocycles. The topological polar surface area (TPSA) is 46.9 Å². The number of nitrogens with one attached hydrogen (secondary N) is 1. The molecule has 0 saturated carbocycles. The smallest absolute Gasteiger partial charge is 0.322 e. The number of hydrogen-bond acceptors (Lipinski definition) is 2. The molecule has 0 spiro atoms. The van der Waals surface area contributed by atoms with Crippen molar-refractivity contribution in [3.05, 3.63) is 47.0 Å². The molecular formula is C19H23F4N3O. The lowest BCUT2D eigenvalue weighted by atomic mass is 9.87. The summed E-state index contributed by atoms with van der Waals surface area (Å²) >= 11 is 0. The Morgan fingerprint density at radius 3 is 2.44 bits per heavy atom. The summed E-state index contributed by atoms with van der Waals surface area (Å²) < 4.78 is 53.9. The van der Waals surface area contributed by atoms with Crippen LogP contribution in [0.25, 0.3) is 0 Å². The number of aryl methyl sites for hydroxylation is 1. The van der Waals surface area contributed by atoms with Crippen molar-refractivity contribution in [1.29, 1.82) is 0 Å². The predicted octanol–water partition coefficient (Wildman–Crippen LogP) is 5.37. The molecule has 1 aromatic carbocycles. The predicted molar refractivity (Wildman–Crippen MR) is 95.1 cm³/mol. The molecule has 2 rings (SSSR count). The third-order valence-corrected chi connectivity index (χ3v) is 4.37. The molecule has 0 radical (unpaired) electrons. The summed E-state index contributed by atoms with van der Waals surface area (Å²) in [4.78, 5) is 12.5. The van der Waals surface area contributed by atoms with Gasteiger partial charge in [-0.3, -0.25) is 4.79 Å². The van der Waals surface area contributed by atoms with Gasteiger partial charge < -0.3 is 5.32 Å². The maximum atomic E-state index is 14.1. The molecule has 0 aliphatic rings. The molecule has 2 aromatic rings. The Morgan fingerprint density at radius 1 is 1.26 bits per heavy atom. The molecule has 4 nitrogen and oxygen atoms in total. The van der Waals surface area contributed by atoms with Crippen LogP contribution in [0.1, 0.15) is 61.1 Å². The van der Waals surface area contributed by atoms with E-state index in [1.54, 1.807) is 18.2 Å². The van der Waals surface area contributed by atoms with Crippen molar-refractivity contribution >= 4 is 11.6 Å². The van der Waals surface area contributed by atoms with Crippen LogP contribution in [0.4, 0.5) is 23.2 Å². The van der Waals surface area contributed by atoms with Crippen LogP contribution in [0.2, 0.25) is 0 Å². The summed E-state index contributed by atoms with van der Waals surface area (Å²) in [6.07, 6.45) is -3.27. The number of hydrogen-bond donors (Lipinski definition) is 1. The Labute approximate surface area is 155 Å². The first-order valence-electron chi connectivity index (χ1n) is 8.76. The molecule has 148 valence electrons. The van der Waals surface area contributed by atoms with Gasteiger partial charge >= 0.3 is 6.18 Å². The molecule has 0 fully saturated rings. The van der Waals surface area contributed by atoms with Crippen LogP contribution in [0.5, 0.6) is 0 Å². The molecule has 8 heteroatoms. The van der Waals surface area contributed by atoms with Crippen molar-refractivity contribution in [3.63, 3.8) is 0 Å². The molecule has 0 saturated heterocycles. The Hall–Kier alpha value is -2.38. The molecule has 1 atom stereocenters. The van der Waals surface area contributed by atoms with Gasteiger partial charge in [0.05, 0.1) is 0 Å². The quantitative estimate of drug-likeness (QED) is 0.680. The Morgan fingerprint density at radius 2 is 1.89 bits per heavy atom. The number of aromatic nitrogens is 2. The third-order valence-electron chi connectivity index (χ3n) is 4.37. The fraction of sp³-hybridized carbons (Fsp3) is 0.474. The normalized spacial score (nSPS) is 13.1. The molecule has 1 amide bonds. The SMILES string of the molecule is CCC(CC(C)C)c1ccccc1NC(=O)c1c(C(F)(F)F)nn(C)c1F. The molecular weight excluding hydrogens is 362 g/mol. The van der Waals surface area contributed by atoms with Crippen molar-refractivity contribution in [1.82, 2.24) is 9.78 Å². The van der Waals surface area contributed by atoms with Gasteiger partial charge in [0, 0.05) is 12.7 Å². The summed E-state index contributed by atoms with van der Waals surface area (Å²) in [6, 6.07) is 6.92. The van der Waals surface area contributed by atoms with Crippen LogP contribution in [-0.2, 0) is 13.2 Å². The van der Waals surface area contributed by atoms with Gasteiger partial charge in [-0.1, -0.05) is 39.0 Å². The number of carbonyl (C=O) groups is 1. The van der Waals surface area contributed by atoms with E-state index in [2.05, 4.69) is 24.3 Å². The largest absolute Gasteiger partial charge is 0.436 e. The van der Waals surface area contributed by atoms with E-state index in [9.17, 15) is 22.4 Å². The van der Waals surface area contributed by atoms with Gasteiger partial charge in [-0.2, -0.15) is 22.7 Å². The van der Waals surface area contributed by atoms with E-state index in [1.165, 1.54) is 0 Å². The summed E-state index contributed by atoms with van der Waals surface area (Å²) in [5.74, 6) is -1.96. The van der Waals surface area contributed by atoms with Crippen LogP contribution >= 0.6 is 0 Å². The van der Waals surface area contributed by atoms with E-state index in [0.29, 0.717) is 16.3 Å². The number of nitrogens with zero attached hydrogens (tertiary/aromatic N) is 2. The van der Waals surface area contributed by atoms with Crippen LogP contribution in [0, 0.1) is 11.9 Å². The number of para-hydroxylation sites is 1. The van der Waals surface area contributed by atoms with Crippen LogP contribution < -0.4 is 5.32 Å². The number of amides is 1. The average molecular weight is 385 g/mol. The van der Waals surface area contributed by atoms with Crippen molar-refractivity contribution < 1.29 is 22.4 Å². The van der Waals surface area contributed by atoms with Crippen molar-refractivity contribution in [2.75, 3.05) is 5.32 Å². The minimum Gasteiger partial charge on any atom is -0.322 e. The first-order chi connectivity index (χ1) is 12.6. The van der Waals surface area contributed by atoms with Gasteiger partial charge in [-0.05, 0) is 36.3 Å².